The molecule has 70 valence electrons. The number of rotatable bonds is 4. The van der Waals surface area contributed by atoms with E-state index in [0.29, 0.717) is 19.6 Å². The number of likely N-dealkylation sites (tertiary alicyclic amines) is 1. The second-order valence-corrected chi connectivity index (χ2v) is 3.43. The van der Waals surface area contributed by atoms with Gasteiger partial charge in [-0.2, -0.15) is 0 Å². The molecular formula is C8H15NO3. The molecule has 4 heteroatoms. The summed E-state index contributed by atoms with van der Waals surface area (Å²) in [5.41, 5.74) is -0.543. The highest BCUT2D eigenvalue weighted by Crippen LogP contribution is 2.23. The number of hydrogen-bond donors (Lipinski definition) is 2. The van der Waals surface area contributed by atoms with Gasteiger partial charge in [0.15, 0.2) is 0 Å². The van der Waals surface area contributed by atoms with Crippen molar-refractivity contribution >= 4 is 5.97 Å². The van der Waals surface area contributed by atoms with Crippen LogP contribution in [-0.4, -0.2) is 46.3 Å². The number of nitrogens with zero attached hydrogens (tertiary/aromatic N) is 1. The molecule has 0 bridgehead atoms. The highest BCUT2D eigenvalue weighted by molar-refractivity contribution is 5.66. The van der Waals surface area contributed by atoms with Crippen LogP contribution in [0.25, 0.3) is 0 Å². The molecule has 2 N–H and O–H groups in total. The molecule has 0 aromatic rings. The van der Waals surface area contributed by atoms with Crippen molar-refractivity contribution in [2.75, 3.05) is 19.6 Å². The molecule has 0 atom stereocenters. The zero-order chi connectivity index (χ0) is 9.19. The van der Waals surface area contributed by atoms with E-state index in [0.717, 1.165) is 6.42 Å². The molecular weight excluding hydrogens is 158 g/mol. The van der Waals surface area contributed by atoms with Gasteiger partial charge in [-0.25, -0.2) is 0 Å². The summed E-state index contributed by atoms with van der Waals surface area (Å²) in [5.74, 6) is -0.776. The van der Waals surface area contributed by atoms with Crippen molar-refractivity contribution in [1.82, 2.24) is 4.90 Å². The van der Waals surface area contributed by atoms with E-state index >= 15 is 0 Å². The topological polar surface area (TPSA) is 60.8 Å². The number of aliphatic hydroxyl groups is 1. The third kappa shape index (κ3) is 2.19. The maximum atomic E-state index is 10.2. The number of hydrogen-bond acceptors (Lipinski definition) is 3. The lowest BCUT2D eigenvalue weighted by Crippen LogP contribution is -2.61. The summed E-state index contributed by atoms with van der Waals surface area (Å²) < 4.78 is 0. The largest absolute Gasteiger partial charge is 0.481 e. The molecule has 1 aliphatic heterocycles. The lowest BCUT2D eigenvalue weighted by atomic mass is 9.91. The molecule has 0 saturated carbocycles. The van der Waals surface area contributed by atoms with E-state index < -0.39 is 11.6 Å². The first-order chi connectivity index (χ1) is 5.56. The summed E-state index contributed by atoms with van der Waals surface area (Å²) in [6.45, 7) is 3.74. The Hall–Kier alpha value is -0.610. The number of carbonyl (C=O) groups is 1. The molecule has 1 aliphatic rings. The molecule has 1 rings (SSSR count). The lowest BCUT2D eigenvalue weighted by Gasteiger charge is -2.46. The van der Waals surface area contributed by atoms with Gasteiger partial charge in [0.2, 0.25) is 0 Å². The van der Waals surface area contributed by atoms with Gasteiger partial charge < -0.3 is 10.2 Å². The average molecular weight is 173 g/mol. The van der Waals surface area contributed by atoms with Crippen LogP contribution < -0.4 is 0 Å². The SMILES string of the molecule is CCC1(O)CN(CCC(=O)O)C1. The van der Waals surface area contributed by atoms with Crippen LogP contribution in [0.1, 0.15) is 19.8 Å². The van der Waals surface area contributed by atoms with E-state index in [9.17, 15) is 9.90 Å². The summed E-state index contributed by atoms with van der Waals surface area (Å²) in [6.07, 6.45) is 0.913. The van der Waals surface area contributed by atoms with Gasteiger partial charge in [0, 0.05) is 19.6 Å². The quantitative estimate of drug-likeness (QED) is 0.624. The van der Waals surface area contributed by atoms with Gasteiger partial charge in [-0.3, -0.25) is 9.69 Å². The summed E-state index contributed by atoms with van der Waals surface area (Å²) in [7, 11) is 0. The normalized spacial score (nSPS) is 21.8. The van der Waals surface area contributed by atoms with Crippen LogP contribution in [0.15, 0.2) is 0 Å². The number of carboxylic acid groups (broad SMARTS) is 1. The molecule has 0 aliphatic carbocycles. The first-order valence-electron chi connectivity index (χ1n) is 4.22. The minimum atomic E-state index is -0.776. The minimum absolute atomic E-state index is 0.166. The van der Waals surface area contributed by atoms with Crippen LogP contribution in [0.5, 0.6) is 0 Å². The van der Waals surface area contributed by atoms with Crippen LogP contribution in [0.4, 0.5) is 0 Å². The fourth-order valence-electron chi connectivity index (χ4n) is 1.42. The predicted molar refractivity (Wildman–Crippen MR) is 43.9 cm³/mol. The molecule has 12 heavy (non-hydrogen) atoms. The summed E-state index contributed by atoms with van der Waals surface area (Å²) in [5, 5.41) is 17.9. The molecule has 1 saturated heterocycles. The van der Waals surface area contributed by atoms with Gasteiger partial charge in [-0.05, 0) is 6.42 Å². The van der Waals surface area contributed by atoms with Gasteiger partial charge in [-0.1, -0.05) is 6.92 Å². The molecule has 0 radical (unpaired) electrons. The van der Waals surface area contributed by atoms with Crippen molar-refractivity contribution in [2.45, 2.75) is 25.4 Å². The highest BCUT2D eigenvalue weighted by atomic mass is 16.4. The Balaban J connectivity index is 2.13. The zero-order valence-electron chi connectivity index (χ0n) is 7.29. The standard InChI is InChI=1S/C8H15NO3/c1-2-8(12)5-9(6-8)4-3-7(10)11/h12H,2-6H2,1H3,(H,10,11). The van der Waals surface area contributed by atoms with Crippen LogP contribution in [0.2, 0.25) is 0 Å². The van der Waals surface area contributed by atoms with Gasteiger partial charge in [-0.15, -0.1) is 0 Å². The Morgan fingerprint density at radius 1 is 1.58 bits per heavy atom. The van der Waals surface area contributed by atoms with Crippen molar-refractivity contribution in [3.05, 3.63) is 0 Å². The molecule has 0 unspecified atom stereocenters. The monoisotopic (exact) mass is 173 g/mol. The Kier molecular flexibility index (Phi) is 2.69. The van der Waals surface area contributed by atoms with Crippen LogP contribution >= 0.6 is 0 Å². The zero-order valence-corrected chi connectivity index (χ0v) is 7.29. The molecule has 4 nitrogen and oxygen atoms in total. The smallest absolute Gasteiger partial charge is 0.304 e. The summed E-state index contributed by atoms with van der Waals surface area (Å²) >= 11 is 0. The molecule has 1 heterocycles. The fraction of sp³-hybridized carbons (Fsp3) is 0.875. The predicted octanol–water partition coefficient (Wildman–Crippen LogP) is -0.0822. The maximum Gasteiger partial charge on any atom is 0.304 e. The fourth-order valence-corrected chi connectivity index (χ4v) is 1.42. The van der Waals surface area contributed by atoms with Gasteiger partial charge >= 0.3 is 5.97 Å². The number of carboxylic acids is 1. The van der Waals surface area contributed by atoms with Crippen molar-refractivity contribution < 1.29 is 15.0 Å². The van der Waals surface area contributed by atoms with Crippen molar-refractivity contribution in [2.24, 2.45) is 0 Å². The number of aliphatic carboxylic acids is 1. The Bertz CT molecular complexity index is 175. The maximum absolute atomic E-state index is 10.2. The second kappa shape index (κ2) is 3.41. The molecule has 0 aromatic carbocycles. The number of β-amino-alcohol motifs (C(OH)–C–C–N with tert-alkyl or cyclic N) is 1. The highest BCUT2D eigenvalue weighted by Gasteiger charge is 2.38. The molecule has 0 aromatic heterocycles. The van der Waals surface area contributed by atoms with Gasteiger partial charge in [0.25, 0.3) is 0 Å². The Morgan fingerprint density at radius 3 is 2.58 bits per heavy atom. The molecule has 0 spiro atoms. The average Bonchev–Trinajstić information content (AvgIpc) is 1.95. The third-order valence-corrected chi connectivity index (χ3v) is 2.34. The van der Waals surface area contributed by atoms with Crippen molar-refractivity contribution in [3.8, 4) is 0 Å². The van der Waals surface area contributed by atoms with E-state index in [-0.39, 0.29) is 6.42 Å². The Labute approximate surface area is 71.8 Å². The van der Waals surface area contributed by atoms with Gasteiger partial charge in [0.05, 0.1) is 12.0 Å². The van der Waals surface area contributed by atoms with Crippen molar-refractivity contribution in [1.29, 1.82) is 0 Å². The first-order valence-corrected chi connectivity index (χ1v) is 4.22. The van der Waals surface area contributed by atoms with Crippen molar-refractivity contribution in [3.63, 3.8) is 0 Å². The summed E-state index contributed by atoms with van der Waals surface area (Å²) in [6, 6.07) is 0. The van der Waals surface area contributed by atoms with E-state index in [4.69, 9.17) is 5.11 Å². The van der Waals surface area contributed by atoms with Crippen LogP contribution in [0.3, 0.4) is 0 Å². The van der Waals surface area contributed by atoms with E-state index in [2.05, 4.69) is 0 Å². The second-order valence-electron chi connectivity index (χ2n) is 3.43. The Morgan fingerprint density at radius 2 is 2.17 bits per heavy atom. The van der Waals surface area contributed by atoms with Gasteiger partial charge in [0.1, 0.15) is 0 Å². The lowest BCUT2D eigenvalue weighted by molar-refractivity contribution is -0.140. The van der Waals surface area contributed by atoms with E-state index in [1.165, 1.54) is 0 Å². The van der Waals surface area contributed by atoms with Crippen LogP contribution in [-0.2, 0) is 4.79 Å². The van der Waals surface area contributed by atoms with E-state index in [1.807, 2.05) is 11.8 Å². The summed E-state index contributed by atoms with van der Waals surface area (Å²) in [4.78, 5) is 12.1. The first kappa shape index (κ1) is 9.48. The van der Waals surface area contributed by atoms with E-state index in [1.54, 1.807) is 0 Å². The third-order valence-electron chi connectivity index (χ3n) is 2.34. The minimum Gasteiger partial charge on any atom is -0.481 e. The van der Waals surface area contributed by atoms with Crippen LogP contribution in [0, 0.1) is 0 Å². The molecule has 1 fully saturated rings. The molecule has 0 amide bonds.